The summed E-state index contributed by atoms with van der Waals surface area (Å²) < 4.78 is 0. The summed E-state index contributed by atoms with van der Waals surface area (Å²) in [7, 11) is 0. The highest BCUT2D eigenvalue weighted by atomic mass is 35.5. The van der Waals surface area contributed by atoms with E-state index in [1.54, 1.807) is 12.1 Å². The second kappa shape index (κ2) is 4.69. The fraction of sp³-hybridized carbons (Fsp3) is 0.182. The van der Waals surface area contributed by atoms with Gasteiger partial charge < -0.3 is 0 Å². The second-order valence-electron chi connectivity index (χ2n) is 2.72. The number of Topliss-reactive ketones (excluding diaryl/α,β-unsaturated/α-hetero) is 1. The summed E-state index contributed by atoms with van der Waals surface area (Å²) in [4.78, 5) is 11.1. The van der Waals surface area contributed by atoms with Gasteiger partial charge in [-0.05, 0) is 17.7 Å². The van der Waals surface area contributed by atoms with Crippen LogP contribution in [-0.2, 0) is 11.2 Å². The zero-order chi connectivity index (χ0) is 9.68. The van der Waals surface area contributed by atoms with Crippen LogP contribution >= 0.6 is 11.6 Å². The molecule has 66 valence electrons. The van der Waals surface area contributed by atoms with Crippen LogP contribution in [0.15, 0.2) is 24.3 Å². The molecule has 0 fully saturated rings. The minimum Gasteiger partial charge on any atom is -0.298 e. The van der Waals surface area contributed by atoms with Crippen LogP contribution in [0.4, 0.5) is 0 Å². The van der Waals surface area contributed by atoms with E-state index in [1.165, 1.54) is 0 Å². The zero-order valence-electron chi connectivity index (χ0n) is 7.09. The number of hydrogen-bond acceptors (Lipinski definition) is 1. The van der Waals surface area contributed by atoms with Crippen LogP contribution in [0.1, 0.15) is 12.0 Å². The van der Waals surface area contributed by atoms with E-state index in [4.69, 9.17) is 18.0 Å². The van der Waals surface area contributed by atoms with Crippen LogP contribution in [0.5, 0.6) is 0 Å². The predicted octanol–water partition coefficient (Wildman–Crippen LogP) is 2.47. The molecule has 0 bridgehead atoms. The second-order valence-corrected chi connectivity index (χ2v) is 3.16. The number of benzene rings is 1. The third-order valence-corrected chi connectivity index (χ3v) is 1.87. The molecular weight excluding hydrogens is 184 g/mol. The Kier molecular flexibility index (Phi) is 3.54. The van der Waals surface area contributed by atoms with Crippen LogP contribution in [0.25, 0.3) is 0 Å². The van der Waals surface area contributed by atoms with Crippen molar-refractivity contribution in [1.82, 2.24) is 0 Å². The zero-order valence-corrected chi connectivity index (χ0v) is 7.84. The number of carbonyl (C=O) groups excluding carboxylic acids is 1. The summed E-state index contributed by atoms with van der Waals surface area (Å²) in [6.07, 6.45) is 5.60. The molecule has 0 unspecified atom stereocenters. The van der Waals surface area contributed by atoms with Gasteiger partial charge in [0.2, 0.25) is 0 Å². The van der Waals surface area contributed by atoms with Gasteiger partial charge in [-0.3, -0.25) is 4.79 Å². The molecule has 2 heteroatoms. The average molecular weight is 193 g/mol. The van der Waals surface area contributed by atoms with Crippen molar-refractivity contribution in [3.63, 3.8) is 0 Å². The highest BCUT2D eigenvalue weighted by Gasteiger charge is 2.00. The van der Waals surface area contributed by atoms with Crippen LogP contribution in [0.2, 0.25) is 5.02 Å². The van der Waals surface area contributed by atoms with Gasteiger partial charge in [-0.15, -0.1) is 6.42 Å². The molecule has 1 aromatic rings. The Morgan fingerprint density at radius 3 is 2.54 bits per heavy atom. The normalized spacial score (nSPS) is 9.23. The molecule has 0 atom stereocenters. The Hall–Kier alpha value is -1.26. The molecule has 13 heavy (non-hydrogen) atoms. The standard InChI is InChI=1S/C11H9ClO/c1-2-3-11(13)8-9-4-6-10(12)7-5-9/h1,4-7H,3,8H2. The van der Waals surface area contributed by atoms with E-state index >= 15 is 0 Å². The third-order valence-electron chi connectivity index (χ3n) is 1.61. The van der Waals surface area contributed by atoms with Gasteiger partial charge in [-0.25, -0.2) is 0 Å². The molecule has 0 aliphatic carbocycles. The maximum atomic E-state index is 11.1. The first-order valence-corrected chi connectivity index (χ1v) is 4.30. The predicted molar refractivity (Wildman–Crippen MR) is 53.6 cm³/mol. The first-order chi connectivity index (χ1) is 6.22. The lowest BCUT2D eigenvalue weighted by molar-refractivity contribution is -0.117. The molecule has 0 aliphatic heterocycles. The van der Waals surface area contributed by atoms with Gasteiger partial charge in [0.25, 0.3) is 0 Å². The molecule has 1 rings (SSSR count). The van der Waals surface area contributed by atoms with E-state index in [0.717, 1.165) is 5.56 Å². The van der Waals surface area contributed by atoms with Crippen molar-refractivity contribution >= 4 is 17.4 Å². The van der Waals surface area contributed by atoms with E-state index in [2.05, 4.69) is 5.92 Å². The molecule has 0 aliphatic rings. The summed E-state index contributed by atoms with van der Waals surface area (Å²) in [5.41, 5.74) is 0.949. The lowest BCUT2D eigenvalue weighted by atomic mass is 10.1. The number of carbonyl (C=O) groups is 1. The quantitative estimate of drug-likeness (QED) is 0.673. The summed E-state index contributed by atoms with van der Waals surface area (Å²) in [6.45, 7) is 0. The van der Waals surface area contributed by atoms with Gasteiger partial charge in [0.1, 0.15) is 5.78 Å². The third kappa shape index (κ3) is 3.31. The Labute approximate surface area is 82.7 Å². The summed E-state index contributed by atoms with van der Waals surface area (Å²) in [6, 6.07) is 7.19. The largest absolute Gasteiger partial charge is 0.298 e. The number of hydrogen-bond donors (Lipinski definition) is 0. The van der Waals surface area contributed by atoms with Crippen molar-refractivity contribution in [2.75, 3.05) is 0 Å². The van der Waals surface area contributed by atoms with Crippen molar-refractivity contribution in [2.24, 2.45) is 0 Å². The molecule has 0 radical (unpaired) electrons. The van der Waals surface area contributed by atoms with Crippen LogP contribution in [-0.4, -0.2) is 5.78 Å². The van der Waals surface area contributed by atoms with Gasteiger partial charge in [-0.1, -0.05) is 29.7 Å². The van der Waals surface area contributed by atoms with Crippen molar-refractivity contribution < 1.29 is 4.79 Å². The van der Waals surface area contributed by atoms with Crippen LogP contribution in [0.3, 0.4) is 0 Å². The minimum atomic E-state index is 0.0600. The van der Waals surface area contributed by atoms with Crippen LogP contribution in [0, 0.1) is 12.3 Å². The molecule has 0 saturated heterocycles. The smallest absolute Gasteiger partial charge is 0.149 e. The summed E-state index contributed by atoms with van der Waals surface area (Å²) >= 11 is 5.69. The topological polar surface area (TPSA) is 17.1 Å². The highest BCUT2D eigenvalue weighted by Crippen LogP contribution is 2.10. The fourth-order valence-corrected chi connectivity index (χ4v) is 1.13. The Bertz CT molecular complexity index is 332. The molecular formula is C11H9ClO. The Morgan fingerprint density at radius 2 is 2.00 bits per heavy atom. The van der Waals surface area contributed by atoms with E-state index in [9.17, 15) is 4.79 Å². The van der Waals surface area contributed by atoms with Gasteiger partial charge >= 0.3 is 0 Å². The van der Waals surface area contributed by atoms with E-state index in [-0.39, 0.29) is 12.2 Å². The van der Waals surface area contributed by atoms with Crippen molar-refractivity contribution in [3.05, 3.63) is 34.9 Å². The first kappa shape index (κ1) is 9.83. The molecule has 1 aromatic carbocycles. The molecule has 0 aromatic heterocycles. The number of terminal acetylenes is 1. The monoisotopic (exact) mass is 192 g/mol. The molecule has 0 amide bonds. The number of ketones is 1. The molecule has 0 spiro atoms. The van der Waals surface area contributed by atoms with Gasteiger partial charge in [-0.2, -0.15) is 0 Å². The molecule has 0 N–H and O–H groups in total. The van der Waals surface area contributed by atoms with Crippen molar-refractivity contribution in [3.8, 4) is 12.3 Å². The Morgan fingerprint density at radius 1 is 1.38 bits per heavy atom. The fourth-order valence-electron chi connectivity index (χ4n) is 1.01. The van der Waals surface area contributed by atoms with E-state index in [0.29, 0.717) is 11.4 Å². The van der Waals surface area contributed by atoms with Crippen molar-refractivity contribution in [1.29, 1.82) is 0 Å². The van der Waals surface area contributed by atoms with E-state index in [1.807, 2.05) is 12.1 Å². The minimum absolute atomic E-state index is 0.0600. The van der Waals surface area contributed by atoms with Gasteiger partial charge in [0.15, 0.2) is 0 Å². The molecule has 0 saturated carbocycles. The SMILES string of the molecule is C#CCC(=O)Cc1ccc(Cl)cc1. The molecule has 0 heterocycles. The van der Waals surface area contributed by atoms with E-state index < -0.39 is 0 Å². The lowest BCUT2D eigenvalue weighted by Crippen LogP contribution is -2.00. The highest BCUT2D eigenvalue weighted by molar-refractivity contribution is 6.30. The number of halogens is 1. The summed E-state index contributed by atoms with van der Waals surface area (Å²) in [5.74, 6) is 2.38. The lowest BCUT2D eigenvalue weighted by Gasteiger charge is -1.97. The molecule has 1 nitrogen and oxygen atoms in total. The maximum Gasteiger partial charge on any atom is 0.149 e. The number of rotatable bonds is 3. The van der Waals surface area contributed by atoms with Crippen molar-refractivity contribution in [2.45, 2.75) is 12.8 Å². The first-order valence-electron chi connectivity index (χ1n) is 3.92. The Balaban J connectivity index is 2.60. The maximum absolute atomic E-state index is 11.1. The average Bonchev–Trinajstić information content (AvgIpc) is 2.09. The van der Waals surface area contributed by atoms with Crippen LogP contribution < -0.4 is 0 Å². The van der Waals surface area contributed by atoms with Gasteiger partial charge in [0, 0.05) is 11.4 Å². The van der Waals surface area contributed by atoms with Gasteiger partial charge in [0.05, 0.1) is 6.42 Å². The summed E-state index contributed by atoms with van der Waals surface area (Å²) in [5, 5.41) is 0.674.